The number of aliphatic hydroxyl groups excluding tert-OH is 1. The Hall–Kier alpha value is -2.18. The molecule has 1 aliphatic heterocycles. The number of aliphatic hydroxyl groups is 1. The van der Waals surface area contributed by atoms with E-state index < -0.39 is 18.0 Å². The van der Waals surface area contributed by atoms with E-state index in [1.807, 2.05) is 65.0 Å². The number of esters is 1. The molecule has 1 aromatic rings. The Morgan fingerprint density at radius 3 is 2.29 bits per heavy atom. The lowest BCUT2D eigenvalue weighted by molar-refractivity contribution is -0.163. The number of carbonyl (C=O) groups excluding carboxylic acids is 2. The zero-order valence-corrected chi connectivity index (χ0v) is 21.7. The predicted molar refractivity (Wildman–Crippen MR) is 132 cm³/mol. The van der Waals surface area contributed by atoms with Gasteiger partial charge < -0.3 is 19.3 Å². The summed E-state index contributed by atoms with van der Waals surface area (Å²) in [6.07, 6.45) is 3.07. The van der Waals surface area contributed by atoms with Crippen LogP contribution in [-0.4, -0.2) is 42.3 Å². The molecule has 1 heterocycles. The third-order valence-electron chi connectivity index (χ3n) is 7.13. The maximum atomic E-state index is 12.9. The second kappa shape index (κ2) is 13.1. The lowest BCUT2D eigenvalue weighted by Crippen LogP contribution is -2.43. The van der Waals surface area contributed by atoms with Gasteiger partial charge in [0.25, 0.3) is 0 Å². The van der Waals surface area contributed by atoms with E-state index in [1.54, 1.807) is 20.1 Å². The van der Waals surface area contributed by atoms with E-state index in [0.29, 0.717) is 19.4 Å². The molecule has 0 amide bonds. The monoisotopic (exact) mass is 474 g/mol. The van der Waals surface area contributed by atoms with Gasteiger partial charge in [-0.2, -0.15) is 0 Å². The molecule has 0 aliphatic carbocycles. The molecule has 0 saturated carbocycles. The molecular formula is C28H42O6. The van der Waals surface area contributed by atoms with Crippen molar-refractivity contribution in [2.45, 2.75) is 79.3 Å². The van der Waals surface area contributed by atoms with Gasteiger partial charge in [0, 0.05) is 17.8 Å². The second-order valence-electron chi connectivity index (χ2n) is 9.88. The summed E-state index contributed by atoms with van der Waals surface area (Å²) in [5, 5.41) is 11.1. The first-order valence-corrected chi connectivity index (χ1v) is 12.4. The van der Waals surface area contributed by atoms with Crippen molar-refractivity contribution in [1.29, 1.82) is 0 Å². The fourth-order valence-corrected chi connectivity index (χ4v) is 4.70. The van der Waals surface area contributed by atoms with Gasteiger partial charge in [-0.1, -0.05) is 52.8 Å². The lowest BCUT2D eigenvalue weighted by Gasteiger charge is -2.35. The van der Waals surface area contributed by atoms with Crippen LogP contribution in [0.4, 0.5) is 0 Å². The van der Waals surface area contributed by atoms with Crippen LogP contribution in [0.3, 0.4) is 0 Å². The van der Waals surface area contributed by atoms with Crippen LogP contribution in [0.5, 0.6) is 5.75 Å². The van der Waals surface area contributed by atoms with Gasteiger partial charge in [-0.25, -0.2) is 0 Å². The molecule has 1 aromatic carbocycles. The van der Waals surface area contributed by atoms with Crippen LogP contribution >= 0.6 is 0 Å². The number of hydrogen-bond donors (Lipinski definition) is 1. The van der Waals surface area contributed by atoms with E-state index >= 15 is 0 Å². The molecule has 190 valence electrons. The molecule has 0 radical (unpaired) electrons. The van der Waals surface area contributed by atoms with Crippen molar-refractivity contribution in [3.8, 4) is 5.75 Å². The number of rotatable bonds is 5. The highest BCUT2D eigenvalue weighted by Crippen LogP contribution is 2.31. The molecular weight excluding hydrogens is 432 g/mol. The first kappa shape index (κ1) is 28.1. The van der Waals surface area contributed by atoms with Gasteiger partial charge in [0.2, 0.25) is 0 Å². The van der Waals surface area contributed by atoms with Gasteiger partial charge in [-0.05, 0) is 49.5 Å². The zero-order valence-electron chi connectivity index (χ0n) is 21.7. The first-order valence-electron chi connectivity index (χ1n) is 12.4. The van der Waals surface area contributed by atoms with Crippen molar-refractivity contribution < 1.29 is 28.9 Å². The molecule has 6 nitrogen and oxygen atoms in total. The first-order chi connectivity index (χ1) is 16.1. The van der Waals surface area contributed by atoms with Crippen molar-refractivity contribution in [2.75, 3.05) is 7.11 Å². The van der Waals surface area contributed by atoms with Crippen molar-refractivity contribution in [1.82, 2.24) is 0 Å². The molecule has 0 spiro atoms. The maximum absolute atomic E-state index is 12.9. The summed E-state index contributed by atoms with van der Waals surface area (Å²) >= 11 is 0. The van der Waals surface area contributed by atoms with Crippen molar-refractivity contribution in [2.24, 2.45) is 29.6 Å². The normalized spacial score (nSPS) is 34.7. The Morgan fingerprint density at radius 2 is 1.71 bits per heavy atom. The molecule has 8 atom stereocenters. The van der Waals surface area contributed by atoms with E-state index in [4.69, 9.17) is 14.2 Å². The van der Waals surface area contributed by atoms with Gasteiger partial charge in [0.1, 0.15) is 11.9 Å². The third-order valence-corrected chi connectivity index (χ3v) is 7.13. The molecule has 0 aromatic heterocycles. The Kier molecular flexibility index (Phi) is 10.8. The number of allylic oxidation sites excluding steroid dienone is 1. The molecule has 34 heavy (non-hydrogen) atoms. The largest absolute Gasteiger partial charge is 0.497 e. The Labute approximate surface area is 204 Å². The Balaban J connectivity index is 2.30. The van der Waals surface area contributed by atoms with E-state index in [-0.39, 0.29) is 41.7 Å². The highest BCUT2D eigenvalue weighted by molar-refractivity contribution is 5.91. The van der Waals surface area contributed by atoms with Gasteiger partial charge in [-0.3, -0.25) is 9.59 Å². The SMILES string of the molecule is CC[C@H]1OC(=O)[C@H](C)[C@@H](O)[C@H](C)[C@@H](OCc2ccc(OC)cc2)[C@@H](C)C[C@@H](C)C(=O)/C=C/[C@H]1C. The topological polar surface area (TPSA) is 82.1 Å². The van der Waals surface area contributed by atoms with Crippen LogP contribution in [0.15, 0.2) is 36.4 Å². The van der Waals surface area contributed by atoms with Crippen LogP contribution in [0, 0.1) is 29.6 Å². The van der Waals surface area contributed by atoms with Gasteiger partial charge in [0.15, 0.2) is 5.78 Å². The zero-order chi connectivity index (χ0) is 25.4. The maximum Gasteiger partial charge on any atom is 0.311 e. The van der Waals surface area contributed by atoms with E-state index in [1.165, 1.54) is 0 Å². The Morgan fingerprint density at radius 1 is 1.06 bits per heavy atom. The molecule has 0 bridgehead atoms. The van der Waals surface area contributed by atoms with E-state index in [2.05, 4.69) is 0 Å². The van der Waals surface area contributed by atoms with Crippen LogP contribution < -0.4 is 4.74 Å². The highest BCUT2D eigenvalue weighted by atomic mass is 16.5. The van der Waals surface area contributed by atoms with Crippen LogP contribution in [0.1, 0.15) is 59.9 Å². The molecule has 2 rings (SSSR count). The standard InChI is InChI=1S/C28H42O6/c1-8-25-17(2)9-14-24(29)18(3)15-19(4)27(20(5)26(30)21(6)28(31)34-25)33-16-22-10-12-23(32-7)13-11-22/h9-14,17-21,25-27,30H,8,15-16H2,1-7H3/b14-9+/t17-,18-,19+,20+,21-,25-,26+,27+/m1/s1. The summed E-state index contributed by atoms with van der Waals surface area (Å²) in [4.78, 5) is 25.7. The molecule has 0 unspecified atom stereocenters. The number of cyclic esters (lactones) is 1. The van der Waals surface area contributed by atoms with Crippen molar-refractivity contribution in [3.63, 3.8) is 0 Å². The third kappa shape index (κ3) is 7.41. The van der Waals surface area contributed by atoms with E-state index in [0.717, 1.165) is 11.3 Å². The number of benzene rings is 1. The minimum absolute atomic E-state index is 0.0118. The molecule has 1 N–H and O–H groups in total. The minimum Gasteiger partial charge on any atom is -0.497 e. The molecule has 0 saturated heterocycles. The second-order valence-corrected chi connectivity index (χ2v) is 9.88. The summed E-state index contributed by atoms with van der Waals surface area (Å²) in [5.74, 6) is -0.924. The predicted octanol–water partition coefficient (Wildman–Crippen LogP) is 4.97. The molecule has 1 aliphatic rings. The van der Waals surface area contributed by atoms with Crippen LogP contribution in [-0.2, 0) is 25.7 Å². The smallest absolute Gasteiger partial charge is 0.311 e. The summed E-state index contributed by atoms with van der Waals surface area (Å²) in [6, 6.07) is 7.64. The lowest BCUT2D eigenvalue weighted by atomic mass is 9.80. The average Bonchev–Trinajstić information content (AvgIpc) is 2.84. The number of ether oxygens (including phenoxy) is 3. The summed E-state index contributed by atoms with van der Waals surface area (Å²) < 4.78 is 17.3. The minimum atomic E-state index is -0.937. The highest BCUT2D eigenvalue weighted by Gasteiger charge is 2.37. The molecule has 6 heteroatoms. The van der Waals surface area contributed by atoms with Crippen molar-refractivity contribution in [3.05, 3.63) is 42.0 Å². The van der Waals surface area contributed by atoms with Gasteiger partial charge in [0.05, 0.1) is 31.8 Å². The number of methoxy groups -OCH3 is 1. The molecule has 0 fully saturated rings. The number of carbonyl (C=O) groups is 2. The summed E-state index contributed by atoms with van der Waals surface area (Å²) in [7, 11) is 1.62. The Bertz CT molecular complexity index is 817. The number of ketones is 1. The summed E-state index contributed by atoms with van der Waals surface area (Å²) in [6.45, 7) is 11.8. The van der Waals surface area contributed by atoms with Gasteiger partial charge in [-0.15, -0.1) is 0 Å². The summed E-state index contributed by atoms with van der Waals surface area (Å²) in [5.41, 5.74) is 0.980. The fraction of sp³-hybridized carbons (Fsp3) is 0.643. The fourth-order valence-electron chi connectivity index (χ4n) is 4.70. The van der Waals surface area contributed by atoms with Crippen LogP contribution in [0.25, 0.3) is 0 Å². The van der Waals surface area contributed by atoms with Crippen molar-refractivity contribution >= 4 is 11.8 Å². The van der Waals surface area contributed by atoms with E-state index in [9.17, 15) is 14.7 Å². The average molecular weight is 475 g/mol. The van der Waals surface area contributed by atoms with Gasteiger partial charge >= 0.3 is 5.97 Å². The van der Waals surface area contributed by atoms with Crippen LogP contribution in [0.2, 0.25) is 0 Å². The quantitative estimate of drug-likeness (QED) is 0.607. The number of hydrogen-bond acceptors (Lipinski definition) is 6.